The number of fused-ring (bicyclic) bond motifs is 1. The van der Waals surface area contributed by atoms with E-state index in [4.69, 9.17) is 0 Å². The predicted octanol–water partition coefficient (Wildman–Crippen LogP) is 1.82. The molecule has 0 amide bonds. The van der Waals surface area contributed by atoms with Gasteiger partial charge in [0.25, 0.3) is 0 Å². The third kappa shape index (κ3) is 1.92. The molecule has 0 N–H and O–H groups in total. The van der Waals surface area contributed by atoms with E-state index in [0.29, 0.717) is 0 Å². The fourth-order valence-corrected chi connectivity index (χ4v) is 1.72. The van der Waals surface area contributed by atoms with Gasteiger partial charge in [-0.1, -0.05) is 0 Å². The highest BCUT2D eigenvalue weighted by atomic mass is 16.1. The Morgan fingerprint density at radius 1 is 1.57 bits per heavy atom. The topological polar surface area (TPSA) is 34.9 Å². The van der Waals surface area contributed by atoms with E-state index in [9.17, 15) is 4.79 Å². The maximum Gasteiger partial charge on any atom is 0.152 e. The number of rotatable bonds is 2. The second-order valence-corrected chi connectivity index (χ2v) is 3.68. The van der Waals surface area contributed by atoms with E-state index < -0.39 is 0 Å². The number of allylic oxidation sites excluding steroid dienone is 1. The summed E-state index contributed by atoms with van der Waals surface area (Å²) in [6, 6.07) is 0. The van der Waals surface area contributed by atoms with Crippen LogP contribution in [-0.4, -0.2) is 15.3 Å². The fraction of sp³-hybridized carbons (Fsp3) is 0.455. The van der Waals surface area contributed by atoms with E-state index in [1.54, 1.807) is 19.1 Å². The molecule has 0 spiro atoms. The third-order valence-corrected chi connectivity index (χ3v) is 2.42. The van der Waals surface area contributed by atoms with Gasteiger partial charge >= 0.3 is 0 Å². The number of hydrogen-bond donors (Lipinski definition) is 0. The lowest BCUT2D eigenvalue weighted by atomic mass is 10.2. The molecular weight excluding hydrogens is 176 g/mol. The minimum absolute atomic E-state index is 0.0657. The largest absolute Gasteiger partial charge is 0.334 e. The van der Waals surface area contributed by atoms with Crippen molar-refractivity contribution in [3.63, 3.8) is 0 Å². The Morgan fingerprint density at radius 2 is 2.43 bits per heavy atom. The summed E-state index contributed by atoms with van der Waals surface area (Å²) in [5.41, 5.74) is 0.900. The SMILES string of the molecule is CC(=O)/C=C/c1cn2c(n1)CCCC2. The molecule has 0 fully saturated rings. The molecule has 0 bridgehead atoms. The minimum atomic E-state index is 0.0657. The maximum atomic E-state index is 10.7. The molecule has 2 rings (SSSR count). The van der Waals surface area contributed by atoms with Crippen LogP contribution in [0.5, 0.6) is 0 Å². The minimum Gasteiger partial charge on any atom is -0.334 e. The molecule has 0 unspecified atom stereocenters. The lowest BCUT2D eigenvalue weighted by molar-refractivity contribution is -0.112. The smallest absolute Gasteiger partial charge is 0.152 e. The Balaban J connectivity index is 2.20. The van der Waals surface area contributed by atoms with Gasteiger partial charge in [-0.3, -0.25) is 4.79 Å². The molecule has 1 aliphatic rings. The Bertz CT molecular complexity index is 353. The van der Waals surface area contributed by atoms with E-state index in [0.717, 1.165) is 24.5 Å². The van der Waals surface area contributed by atoms with Gasteiger partial charge in [0.15, 0.2) is 5.78 Å². The van der Waals surface area contributed by atoms with Crippen LogP contribution in [-0.2, 0) is 17.8 Å². The van der Waals surface area contributed by atoms with Crippen molar-refractivity contribution in [3.05, 3.63) is 23.8 Å². The average molecular weight is 190 g/mol. The third-order valence-electron chi connectivity index (χ3n) is 2.42. The molecular formula is C11H14N2O. The van der Waals surface area contributed by atoms with E-state index in [1.165, 1.54) is 12.8 Å². The molecule has 2 heterocycles. The molecule has 14 heavy (non-hydrogen) atoms. The summed E-state index contributed by atoms with van der Waals surface area (Å²) in [5.74, 6) is 1.22. The number of nitrogens with zero attached hydrogens (tertiary/aromatic N) is 2. The van der Waals surface area contributed by atoms with Crippen LogP contribution in [0.25, 0.3) is 6.08 Å². The first-order chi connectivity index (χ1) is 6.75. The van der Waals surface area contributed by atoms with Crippen LogP contribution >= 0.6 is 0 Å². The second-order valence-electron chi connectivity index (χ2n) is 3.68. The van der Waals surface area contributed by atoms with E-state index in [1.807, 2.05) is 6.20 Å². The highest BCUT2D eigenvalue weighted by Crippen LogP contribution is 2.14. The molecule has 0 aliphatic carbocycles. The van der Waals surface area contributed by atoms with Crippen molar-refractivity contribution in [1.29, 1.82) is 0 Å². The number of carbonyl (C=O) groups is 1. The van der Waals surface area contributed by atoms with Crippen molar-refractivity contribution in [2.75, 3.05) is 0 Å². The first-order valence-corrected chi connectivity index (χ1v) is 5.00. The van der Waals surface area contributed by atoms with Gasteiger partial charge in [0.05, 0.1) is 5.69 Å². The van der Waals surface area contributed by atoms with Gasteiger partial charge in [-0.15, -0.1) is 0 Å². The summed E-state index contributed by atoms with van der Waals surface area (Å²) in [5, 5.41) is 0. The first-order valence-electron chi connectivity index (χ1n) is 5.00. The molecule has 0 atom stereocenters. The number of hydrogen-bond acceptors (Lipinski definition) is 2. The van der Waals surface area contributed by atoms with Crippen molar-refractivity contribution in [2.45, 2.75) is 32.7 Å². The summed E-state index contributed by atoms with van der Waals surface area (Å²) < 4.78 is 2.18. The van der Waals surface area contributed by atoms with Gasteiger partial charge in [0.2, 0.25) is 0 Å². The van der Waals surface area contributed by atoms with Crippen molar-refractivity contribution in [2.24, 2.45) is 0 Å². The van der Waals surface area contributed by atoms with Gasteiger partial charge in [0.1, 0.15) is 5.82 Å². The Labute approximate surface area is 83.5 Å². The zero-order valence-electron chi connectivity index (χ0n) is 8.36. The van der Waals surface area contributed by atoms with Gasteiger partial charge in [-0.25, -0.2) is 4.98 Å². The van der Waals surface area contributed by atoms with Crippen molar-refractivity contribution < 1.29 is 4.79 Å². The van der Waals surface area contributed by atoms with E-state index >= 15 is 0 Å². The van der Waals surface area contributed by atoms with Crippen LogP contribution in [0.1, 0.15) is 31.3 Å². The molecule has 3 heteroatoms. The summed E-state index contributed by atoms with van der Waals surface area (Å²) in [7, 11) is 0. The van der Waals surface area contributed by atoms with Gasteiger partial charge in [0, 0.05) is 19.2 Å². The van der Waals surface area contributed by atoms with Crippen LogP contribution in [0, 0.1) is 0 Å². The molecule has 0 saturated carbocycles. The summed E-state index contributed by atoms with van der Waals surface area (Å²) in [6.07, 6.45) is 8.90. The Morgan fingerprint density at radius 3 is 3.14 bits per heavy atom. The van der Waals surface area contributed by atoms with Gasteiger partial charge in [-0.05, 0) is 31.9 Å². The maximum absolute atomic E-state index is 10.7. The Kier molecular flexibility index (Phi) is 2.48. The lowest BCUT2D eigenvalue weighted by Gasteiger charge is -2.11. The first kappa shape index (κ1) is 9.19. The molecule has 0 saturated heterocycles. The molecule has 74 valence electrons. The summed E-state index contributed by atoms with van der Waals surface area (Å²) in [6.45, 7) is 2.61. The van der Waals surface area contributed by atoms with Crippen LogP contribution < -0.4 is 0 Å². The van der Waals surface area contributed by atoms with E-state index in [2.05, 4.69) is 9.55 Å². The zero-order chi connectivity index (χ0) is 9.97. The number of aromatic nitrogens is 2. The predicted molar refractivity (Wildman–Crippen MR) is 54.9 cm³/mol. The van der Waals surface area contributed by atoms with Crippen molar-refractivity contribution in [3.8, 4) is 0 Å². The normalized spacial score (nSPS) is 15.8. The molecule has 3 nitrogen and oxygen atoms in total. The molecule has 1 aromatic rings. The van der Waals surface area contributed by atoms with Crippen LogP contribution in [0.4, 0.5) is 0 Å². The van der Waals surface area contributed by atoms with Crippen molar-refractivity contribution >= 4 is 11.9 Å². The quantitative estimate of drug-likeness (QED) is 0.667. The fourth-order valence-electron chi connectivity index (χ4n) is 1.72. The highest BCUT2D eigenvalue weighted by Gasteiger charge is 2.10. The summed E-state index contributed by atoms with van der Waals surface area (Å²) in [4.78, 5) is 15.2. The van der Waals surface area contributed by atoms with Crippen LogP contribution in [0.2, 0.25) is 0 Å². The average Bonchev–Trinajstić information content (AvgIpc) is 2.57. The molecule has 0 aromatic carbocycles. The second kappa shape index (κ2) is 3.78. The highest BCUT2D eigenvalue weighted by molar-refractivity contribution is 5.91. The standard InChI is InChI=1S/C11H14N2O/c1-9(14)5-6-10-8-13-7-3-2-4-11(13)12-10/h5-6,8H,2-4,7H2,1H3/b6-5+. The number of aryl methyl sites for hydroxylation is 2. The lowest BCUT2D eigenvalue weighted by Crippen LogP contribution is -2.08. The van der Waals surface area contributed by atoms with Gasteiger partial charge in [-0.2, -0.15) is 0 Å². The van der Waals surface area contributed by atoms with Crippen molar-refractivity contribution in [1.82, 2.24) is 9.55 Å². The monoisotopic (exact) mass is 190 g/mol. The van der Waals surface area contributed by atoms with Crippen LogP contribution in [0.3, 0.4) is 0 Å². The Hall–Kier alpha value is -1.38. The molecule has 1 aliphatic heterocycles. The zero-order valence-corrected chi connectivity index (χ0v) is 8.36. The summed E-state index contributed by atoms with van der Waals surface area (Å²) >= 11 is 0. The van der Waals surface area contributed by atoms with E-state index in [-0.39, 0.29) is 5.78 Å². The number of imidazole rings is 1. The number of ketones is 1. The number of carbonyl (C=O) groups excluding carboxylic acids is 1. The molecule has 0 radical (unpaired) electrons. The van der Waals surface area contributed by atoms with Crippen LogP contribution in [0.15, 0.2) is 12.3 Å². The van der Waals surface area contributed by atoms with Gasteiger partial charge < -0.3 is 4.57 Å². The molecule has 1 aromatic heterocycles.